The molecule has 2 aromatic rings. The molecule has 3 nitrogen and oxygen atoms in total. The van der Waals surface area contributed by atoms with Crippen LogP contribution in [0.1, 0.15) is 11.4 Å². The van der Waals surface area contributed by atoms with Crippen molar-refractivity contribution in [1.82, 2.24) is 9.97 Å². The molecule has 0 saturated heterocycles. The second-order valence-corrected chi connectivity index (χ2v) is 5.01. The van der Waals surface area contributed by atoms with Crippen LogP contribution in [0.5, 0.6) is 0 Å². The molecule has 0 aliphatic carbocycles. The lowest BCUT2D eigenvalue weighted by molar-refractivity contribution is 0.885. The molecule has 0 radical (unpaired) electrons. The molecule has 5 heteroatoms. The van der Waals surface area contributed by atoms with Gasteiger partial charge in [-0.2, -0.15) is 0 Å². The maximum Gasteiger partial charge on any atom is 0.126 e. The summed E-state index contributed by atoms with van der Waals surface area (Å²) in [5.41, 5.74) is 6.61. The zero-order chi connectivity index (χ0) is 12.3. The van der Waals surface area contributed by atoms with E-state index in [9.17, 15) is 0 Å². The van der Waals surface area contributed by atoms with Crippen LogP contribution in [0.25, 0.3) is 0 Å². The number of aromatic nitrogens is 2. The lowest BCUT2D eigenvalue weighted by atomic mass is 10.3. The minimum Gasteiger partial charge on any atom is -0.326 e. The third-order valence-corrected chi connectivity index (χ3v) is 3.45. The van der Waals surface area contributed by atoms with E-state index in [1.165, 1.54) is 0 Å². The maximum atomic E-state index is 5.95. The summed E-state index contributed by atoms with van der Waals surface area (Å²) in [6.07, 6.45) is 1.77. The van der Waals surface area contributed by atoms with Crippen LogP contribution in [-0.2, 0) is 6.54 Å². The van der Waals surface area contributed by atoms with Crippen LogP contribution in [0.15, 0.2) is 40.4 Å². The van der Waals surface area contributed by atoms with Crippen molar-refractivity contribution in [3.05, 3.63) is 46.9 Å². The van der Waals surface area contributed by atoms with Crippen molar-refractivity contribution in [2.45, 2.75) is 23.4 Å². The van der Waals surface area contributed by atoms with Crippen LogP contribution in [0.4, 0.5) is 0 Å². The summed E-state index contributed by atoms with van der Waals surface area (Å²) in [6.45, 7) is 2.30. The molecule has 2 N–H and O–H groups in total. The minimum absolute atomic E-state index is 0.434. The van der Waals surface area contributed by atoms with E-state index in [1.54, 1.807) is 18.0 Å². The first-order valence-electron chi connectivity index (χ1n) is 5.15. The summed E-state index contributed by atoms with van der Waals surface area (Å²) in [4.78, 5) is 9.58. The van der Waals surface area contributed by atoms with Gasteiger partial charge in [0.25, 0.3) is 0 Å². The van der Waals surface area contributed by atoms with Crippen molar-refractivity contribution >= 4 is 23.4 Å². The van der Waals surface area contributed by atoms with E-state index in [0.29, 0.717) is 6.54 Å². The second-order valence-electron chi connectivity index (χ2n) is 3.51. The van der Waals surface area contributed by atoms with Gasteiger partial charge in [-0.25, -0.2) is 9.97 Å². The number of benzene rings is 1. The molecule has 17 heavy (non-hydrogen) atoms. The molecular weight excluding hydrogens is 254 g/mol. The standard InChI is InChI=1S/C12H12ClN3S/c1-8-15-7-9(6-14)12(16-8)17-11-4-2-3-10(13)5-11/h2-5,7H,6,14H2,1H3. The Morgan fingerprint density at radius 3 is 2.94 bits per heavy atom. The number of nitrogens with zero attached hydrogens (tertiary/aromatic N) is 2. The first-order valence-corrected chi connectivity index (χ1v) is 6.34. The van der Waals surface area contributed by atoms with Crippen molar-refractivity contribution < 1.29 is 0 Å². The second kappa shape index (κ2) is 5.49. The third-order valence-electron chi connectivity index (χ3n) is 2.18. The zero-order valence-corrected chi connectivity index (χ0v) is 10.9. The van der Waals surface area contributed by atoms with Crippen LogP contribution in [-0.4, -0.2) is 9.97 Å². The number of hydrogen-bond donors (Lipinski definition) is 1. The molecule has 0 aliphatic rings. The Bertz CT molecular complexity index is 531. The Hall–Kier alpha value is -1.10. The van der Waals surface area contributed by atoms with Crippen LogP contribution >= 0.6 is 23.4 Å². The molecule has 1 aromatic carbocycles. The lowest BCUT2D eigenvalue weighted by Crippen LogP contribution is -2.02. The van der Waals surface area contributed by atoms with Gasteiger partial charge in [0, 0.05) is 28.2 Å². The smallest absolute Gasteiger partial charge is 0.126 e. The number of rotatable bonds is 3. The van der Waals surface area contributed by atoms with E-state index in [-0.39, 0.29) is 0 Å². The maximum absolute atomic E-state index is 5.95. The summed E-state index contributed by atoms with van der Waals surface area (Å²) in [6, 6.07) is 7.67. The van der Waals surface area contributed by atoms with E-state index < -0.39 is 0 Å². The van der Waals surface area contributed by atoms with Gasteiger partial charge >= 0.3 is 0 Å². The predicted octanol–water partition coefficient (Wildman–Crippen LogP) is 3.05. The van der Waals surface area contributed by atoms with Gasteiger partial charge in [-0.05, 0) is 25.1 Å². The highest BCUT2D eigenvalue weighted by Crippen LogP contribution is 2.29. The summed E-state index contributed by atoms with van der Waals surface area (Å²) >= 11 is 7.50. The first kappa shape index (κ1) is 12.4. The summed E-state index contributed by atoms with van der Waals surface area (Å²) in [5, 5.41) is 1.61. The van der Waals surface area contributed by atoms with Gasteiger partial charge in [0.1, 0.15) is 10.9 Å². The van der Waals surface area contributed by atoms with Gasteiger partial charge in [-0.1, -0.05) is 29.4 Å². The quantitative estimate of drug-likeness (QED) is 0.867. The molecule has 0 bridgehead atoms. The molecule has 0 fully saturated rings. The van der Waals surface area contributed by atoms with Crippen LogP contribution in [0.2, 0.25) is 5.02 Å². The largest absolute Gasteiger partial charge is 0.326 e. The molecular formula is C12H12ClN3S. The van der Waals surface area contributed by atoms with Gasteiger partial charge in [-0.15, -0.1) is 0 Å². The summed E-state index contributed by atoms with van der Waals surface area (Å²) in [7, 11) is 0. The highest BCUT2D eigenvalue weighted by atomic mass is 35.5. The Labute approximate surface area is 109 Å². The average Bonchev–Trinajstić information content (AvgIpc) is 2.29. The number of halogens is 1. The zero-order valence-electron chi connectivity index (χ0n) is 9.35. The molecule has 0 amide bonds. The number of nitrogens with two attached hydrogens (primary N) is 1. The van der Waals surface area contributed by atoms with E-state index in [4.69, 9.17) is 17.3 Å². The molecule has 1 aromatic heterocycles. The molecule has 2 rings (SSSR count). The van der Waals surface area contributed by atoms with Crippen molar-refractivity contribution in [1.29, 1.82) is 0 Å². The summed E-state index contributed by atoms with van der Waals surface area (Å²) in [5.74, 6) is 0.742. The monoisotopic (exact) mass is 265 g/mol. The van der Waals surface area contributed by atoms with Crippen molar-refractivity contribution in [2.24, 2.45) is 5.73 Å². The van der Waals surface area contributed by atoms with E-state index in [2.05, 4.69) is 9.97 Å². The predicted molar refractivity (Wildman–Crippen MR) is 70.2 cm³/mol. The Kier molecular flexibility index (Phi) is 3.99. The normalized spacial score (nSPS) is 10.5. The molecule has 88 valence electrons. The molecule has 1 heterocycles. The van der Waals surface area contributed by atoms with Gasteiger partial charge in [-0.3, -0.25) is 0 Å². The first-order chi connectivity index (χ1) is 8.19. The molecule has 0 saturated carbocycles. The number of hydrogen-bond acceptors (Lipinski definition) is 4. The lowest BCUT2D eigenvalue weighted by Gasteiger charge is -2.06. The minimum atomic E-state index is 0.434. The Balaban J connectivity index is 2.32. The van der Waals surface area contributed by atoms with Gasteiger partial charge in [0.2, 0.25) is 0 Å². The van der Waals surface area contributed by atoms with Gasteiger partial charge in [0.15, 0.2) is 0 Å². The molecule has 0 aliphatic heterocycles. The fourth-order valence-electron chi connectivity index (χ4n) is 1.34. The molecule has 0 atom stereocenters. The Morgan fingerprint density at radius 2 is 2.24 bits per heavy atom. The highest BCUT2D eigenvalue weighted by Gasteiger charge is 2.06. The van der Waals surface area contributed by atoms with Crippen LogP contribution < -0.4 is 5.73 Å². The molecule has 0 spiro atoms. The average molecular weight is 266 g/mol. The fourth-order valence-corrected chi connectivity index (χ4v) is 2.60. The SMILES string of the molecule is Cc1ncc(CN)c(Sc2cccc(Cl)c2)n1. The van der Waals surface area contributed by atoms with Crippen molar-refractivity contribution in [3.8, 4) is 0 Å². The van der Waals surface area contributed by atoms with Crippen molar-refractivity contribution in [3.63, 3.8) is 0 Å². The van der Waals surface area contributed by atoms with Crippen LogP contribution in [0.3, 0.4) is 0 Å². The highest BCUT2D eigenvalue weighted by molar-refractivity contribution is 7.99. The van der Waals surface area contributed by atoms with Gasteiger partial charge < -0.3 is 5.73 Å². The van der Waals surface area contributed by atoms with E-state index in [0.717, 1.165) is 26.3 Å². The topological polar surface area (TPSA) is 51.8 Å². The van der Waals surface area contributed by atoms with E-state index in [1.807, 2.05) is 31.2 Å². The molecule has 0 unspecified atom stereocenters. The van der Waals surface area contributed by atoms with Crippen LogP contribution in [0, 0.1) is 6.92 Å². The fraction of sp³-hybridized carbons (Fsp3) is 0.167. The van der Waals surface area contributed by atoms with Crippen molar-refractivity contribution in [2.75, 3.05) is 0 Å². The Morgan fingerprint density at radius 1 is 1.41 bits per heavy atom. The summed E-state index contributed by atoms with van der Waals surface area (Å²) < 4.78 is 0. The van der Waals surface area contributed by atoms with E-state index >= 15 is 0 Å². The third kappa shape index (κ3) is 3.19. The number of aryl methyl sites for hydroxylation is 1. The van der Waals surface area contributed by atoms with Gasteiger partial charge in [0.05, 0.1) is 0 Å².